The van der Waals surface area contributed by atoms with Crippen LogP contribution in [0, 0.1) is 5.92 Å². The lowest BCUT2D eigenvalue weighted by Gasteiger charge is -2.23. The minimum atomic E-state index is -2.75. The van der Waals surface area contributed by atoms with Gasteiger partial charge in [0.2, 0.25) is 0 Å². The molecule has 0 radical (unpaired) electrons. The highest BCUT2D eigenvalue weighted by Gasteiger charge is 2.27. The number of sulfone groups is 1. The quantitative estimate of drug-likeness (QED) is 0.735. The molecular formula is C12H26N2O2S. The van der Waals surface area contributed by atoms with Crippen molar-refractivity contribution in [3.63, 3.8) is 0 Å². The SMILES string of the molecule is CCN(CCNC1CCS(=O)(=O)C1)CC(C)C. The van der Waals surface area contributed by atoms with Crippen molar-refractivity contribution >= 4 is 9.84 Å². The Morgan fingerprint density at radius 2 is 2.12 bits per heavy atom. The van der Waals surface area contributed by atoms with Crippen LogP contribution < -0.4 is 5.32 Å². The van der Waals surface area contributed by atoms with Gasteiger partial charge in [0, 0.05) is 25.7 Å². The predicted molar refractivity (Wildman–Crippen MR) is 72.0 cm³/mol. The van der Waals surface area contributed by atoms with Gasteiger partial charge in [0.25, 0.3) is 0 Å². The molecule has 0 bridgehead atoms. The first-order chi connectivity index (χ1) is 7.93. The molecule has 1 saturated heterocycles. The average Bonchev–Trinajstić information content (AvgIpc) is 2.56. The van der Waals surface area contributed by atoms with E-state index >= 15 is 0 Å². The lowest BCUT2D eigenvalue weighted by molar-refractivity contribution is 0.253. The Morgan fingerprint density at radius 3 is 2.59 bits per heavy atom. The van der Waals surface area contributed by atoms with Gasteiger partial charge in [-0.15, -0.1) is 0 Å². The van der Waals surface area contributed by atoms with E-state index in [0.29, 0.717) is 17.4 Å². The highest BCUT2D eigenvalue weighted by Crippen LogP contribution is 2.10. The van der Waals surface area contributed by atoms with E-state index in [-0.39, 0.29) is 6.04 Å². The second-order valence-electron chi connectivity index (χ2n) is 5.34. The van der Waals surface area contributed by atoms with Crippen molar-refractivity contribution < 1.29 is 8.42 Å². The van der Waals surface area contributed by atoms with E-state index in [0.717, 1.165) is 32.6 Å². The van der Waals surface area contributed by atoms with Gasteiger partial charge in [-0.3, -0.25) is 0 Å². The van der Waals surface area contributed by atoms with Gasteiger partial charge in [-0.1, -0.05) is 20.8 Å². The summed E-state index contributed by atoms with van der Waals surface area (Å²) in [5.74, 6) is 1.36. The summed E-state index contributed by atoms with van der Waals surface area (Å²) >= 11 is 0. The Labute approximate surface area is 106 Å². The Kier molecular flexibility index (Phi) is 5.89. The molecular weight excluding hydrogens is 236 g/mol. The van der Waals surface area contributed by atoms with Crippen LogP contribution in [0.5, 0.6) is 0 Å². The number of likely N-dealkylation sites (N-methyl/N-ethyl adjacent to an activating group) is 1. The fourth-order valence-electron chi connectivity index (χ4n) is 2.28. The topological polar surface area (TPSA) is 49.4 Å². The summed E-state index contributed by atoms with van der Waals surface area (Å²) in [5.41, 5.74) is 0. The van der Waals surface area contributed by atoms with Crippen LogP contribution in [-0.4, -0.2) is 57.0 Å². The van der Waals surface area contributed by atoms with Gasteiger partial charge in [0.05, 0.1) is 11.5 Å². The summed E-state index contributed by atoms with van der Waals surface area (Å²) in [7, 11) is -2.75. The van der Waals surface area contributed by atoms with Gasteiger partial charge >= 0.3 is 0 Å². The Balaban J connectivity index is 2.19. The monoisotopic (exact) mass is 262 g/mol. The van der Waals surface area contributed by atoms with E-state index in [1.807, 2.05) is 0 Å². The van der Waals surface area contributed by atoms with Crippen molar-refractivity contribution in [3.8, 4) is 0 Å². The molecule has 1 aliphatic rings. The standard InChI is InChI=1S/C12H26N2O2S/c1-4-14(9-11(2)3)7-6-13-12-5-8-17(15,16)10-12/h11-13H,4-10H2,1-3H3. The lowest BCUT2D eigenvalue weighted by Crippen LogP contribution is -2.39. The largest absolute Gasteiger partial charge is 0.312 e. The van der Waals surface area contributed by atoms with Crippen LogP contribution in [-0.2, 0) is 9.84 Å². The first-order valence-electron chi connectivity index (χ1n) is 6.59. The van der Waals surface area contributed by atoms with Crippen LogP contribution in [0.3, 0.4) is 0 Å². The Hall–Kier alpha value is -0.130. The van der Waals surface area contributed by atoms with Crippen molar-refractivity contribution in [2.24, 2.45) is 5.92 Å². The zero-order valence-corrected chi connectivity index (χ0v) is 12.1. The van der Waals surface area contributed by atoms with Crippen molar-refractivity contribution in [2.75, 3.05) is 37.7 Å². The zero-order chi connectivity index (χ0) is 12.9. The molecule has 1 aliphatic heterocycles. The summed E-state index contributed by atoms with van der Waals surface area (Å²) in [4.78, 5) is 2.40. The summed E-state index contributed by atoms with van der Waals surface area (Å²) in [6.07, 6.45) is 0.776. The molecule has 1 rings (SSSR count). The molecule has 0 aliphatic carbocycles. The lowest BCUT2D eigenvalue weighted by atomic mass is 10.2. The first kappa shape index (κ1) is 14.9. The maximum Gasteiger partial charge on any atom is 0.151 e. The number of hydrogen-bond donors (Lipinski definition) is 1. The molecule has 1 fully saturated rings. The maximum atomic E-state index is 11.3. The fourth-order valence-corrected chi connectivity index (χ4v) is 3.99. The van der Waals surface area contributed by atoms with Crippen LogP contribution in [0.4, 0.5) is 0 Å². The molecule has 0 aromatic rings. The molecule has 0 amide bonds. The van der Waals surface area contributed by atoms with Crippen molar-refractivity contribution in [1.29, 1.82) is 0 Å². The third-order valence-electron chi connectivity index (χ3n) is 3.16. The minimum Gasteiger partial charge on any atom is -0.312 e. The van der Waals surface area contributed by atoms with Crippen LogP contribution in [0.15, 0.2) is 0 Å². The highest BCUT2D eigenvalue weighted by molar-refractivity contribution is 7.91. The van der Waals surface area contributed by atoms with Crippen molar-refractivity contribution in [3.05, 3.63) is 0 Å². The molecule has 4 nitrogen and oxygen atoms in total. The molecule has 1 atom stereocenters. The van der Waals surface area contributed by atoms with Crippen LogP contribution >= 0.6 is 0 Å². The molecule has 1 N–H and O–H groups in total. The van der Waals surface area contributed by atoms with Crippen LogP contribution in [0.1, 0.15) is 27.2 Å². The first-order valence-corrected chi connectivity index (χ1v) is 8.41. The summed E-state index contributed by atoms with van der Waals surface area (Å²) < 4.78 is 22.6. The van der Waals surface area contributed by atoms with Gasteiger partial charge in [0.15, 0.2) is 9.84 Å². The number of hydrogen-bond acceptors (Lipinski definition) is 4. The fraction of sp³-hybridized carbons (Fsp3) is 1.00. The average molecular weight is 262 g/mol. The van der Waals surface area contributed by atoms with E-state index in [2.05, 4.69) is 31.0 Å². The van der Waals surface area contributed by atoms with E-state index in [4.69, 9.17) is 0 Å². The van der Waals surface area contributed by atoms with E-state index in [1.54, 1.807) is 0 Å². The molecule has 0 aromatic carbocycles. The van der Waals surface area contributed by atoms with E-state index in [9.17, 15) is 8.42 Å². The molecule has 17 heavy (non-hydrogen) atoms. The normalized spacial score (nSPS) is 23.7. The molecule has 1 unspecified atom stereocenters. The van der Waals surface area contributed by atoms with Crippen LogP contribution in [0.2, 0.25) is 0 Å². The summed E-state index contributed by atoms with van der Waals surface area (Å²) in [5, 5.41) is 3.35. The maximum absolute atomic E-state index is 11.3. The van der Waals surface area contributed by atoms with Gasteiger partial charge in [-0.25, -0.2) is 8.42 Å². The van der Waals surface area contributed by atoms with E-state index in [1.165, 1.54) is 0 Å². The molecule has 1 heterocycles. The van der Waals surface area contributed by atoms with Gasteiger partial charge < -0.3 is 10.2 Å². The highest BCUT2D eigenvalue weighted by atomic mass is 32.2. The second-order valence-corrected chi connectivity index (χ2v) is 7.57. The van der Waals surface area contributed by atoms with Gasteiger partial charge in [-0.05, 0) is 18.9 Å². The second kappa shape index (κ2) is 6.71. The van der Waals surface area contributed by atoms with Crippen LogP contribution in [0.25, 0.3) is 0 Å². The molecule has 102 valence electrons. The number of nitrogens with zero attached hydrogens (tertiary/aromatic N) is 1. The minimum absolute atomic E-state index is 0.178. The summed E-state index contributed by atoms with van der Waals surface area (Å²) in [6, 6.07) is 0.178. The number of nitrogens with one attached hydrogen (secondary N) is 1. The predicted octanol–water partition coefficient (Wildman–Crippen LogP) is 0.741. The van der Waals surface area contributed by atoms with Crippen molar-refractivity contribution in [1.82, 2.24) is 10.2 Å². The number of rotatable bonds is 7. The Morgan fingerprint density at radius 1 is 1.41 bits per heavy atom. The molecule has 5 heteroatoms. The third-order valence-corrected chi connectivity index (χ3v) is 4.93. The smallest absolute Gasteiger partial charge is 0.151 e. The third kappa shape index (κ3) is 5.84. The molecule has 0 aromatic heterocycles. The molecule has 0 saturated carbocycles. The van der Waals surface area contributed by atoms with E-state index < -0.39 is 9.84 Å². The zero-order valence-electron chi connectivity index (χ0n) is 11.3. The summed E-state index contributed by atoms with van der Waals surface area (Å²) in [6.45, 7) is 10.7. The van der Waals surface area contributed by atoms with Crippen molar-refractivity contribution in [2.45, 2.75) is 33.2 Å². The van der Waals surface area contributed by atoms with Gasteiger partial charge in [0.1, 0.15) is 0 Å². The Bertz CT molecular complexity index is 314. The molecule has 0 spiro atoms. The van der Waals surface area contributed by atoms with Gasteiger partial charge in [-0.2, -0.15) is 0 Å².